The normalized spacial score (nSPS) is 17.9. The third-order valence-corrected chi connectivity index (χ3v) is 11.3. The standard InChI is InChI=1S/C44H55N9O6/c1-26(2)38(47-24-59-25-57-5)42(54)52-19-7-9-36(52)40-45-22-34(49-40)29-13-11-28(12-14-29)30-15-17-32-31(21-30)16-18-33(48-32)35-23-46-41(50-35)37-10-8-20-53(37)43(55)39(27(3)4)51-44(56)58-6/h11-18,21-23,26-27,36-39,47H,7-10,19-20,24-25H2,1-6H3,(H,45,49)(H,46,50)(H,51,56)/t36-,37-,38-,39-/m0/s1. The molecule has 5 aromatic rings. The average Bonchev–Trinajstić information content (AvgIpc) is 4.09. The molecule has 0 spiro atoms. The van der Waals surface area contributed by atoms with Gasteiger partial charge in [-0.3, -0.25) is 14.9 Å². The van der Waals surface area contributed by atoms with Crippen LogP contribution in [0.2, 0.25) is 0 Å². The molecular weight excluding hydrogens is 751 g/mol. The minimum absolute atomic E-state index is 0.0527. The lowest BCUT2D eigenvalue weighted by Gasteiger charge is -2.30. The summed E-state index contributed by atoms with van der Waals surface area (Å²) in [5.74, 6) is 1.37. The highest BCUT2D eigenvalue weighted by Gasteiger charge is 2.38. The lowest BCUT2D eigenvalue weighted by molar-refractivity contribution is -0.137. The first-order chi connectivity index (χ1) is 28.6. The molecule has 7 rings (SSSR count). The highest BCUT2D eigenvalue weighted by Crippen LogP contribution is 2.35. The molecule has 3 aromatic heterocycles. The summed E-state index contributed by atoms with van der Waals surface area (Å²) in [7, 11) is 2.86. The molecule has 2 aliphatic rings. The zero-order chi connectivity index (χ0) is 41.6. The van der Waals surface area contributed by atoms with E-state index >= 15 is 0 Å². The second-order valence-corrected chi connectivity index (χ2v) is 16.0. The Morgan fingerprint density at radius 2 is 1.36 bits per heavy atom. The van der Waals surface area contributed by atoms with Crippen molar-refractivity contribution >= 4 is 28.8 Å². The largest absolute Gasteiger partial charge is 0.453 e. The van der Waals surface area contributed by atoms with Gasteiger partial charge in [0, 0.05) is 25.6 Å². The van der Waals surface area contributed by atoms with Crippen LogP contribution in [0.4, 0.5) is 4.79 Å². The predicted octanol–water partition coefficient (Wildman–Crippen LogP) is 6.58. The van der Waals surface area contributed by atoms with Gasteiger partial charge in [0.25, 0.3) is 0 Å². The lowest BCUT2D eigenvalue weighted by Crippen LogP contribution is -2.51. The van der Waals surface area contributed by atoms with Gasteiger partial charge < -0.3 is 39.3 Å². The van der Waals surface area contributed by atoms with Gasteiger partial charge in [0.05, 0.1) is 60.2 Å². The summed E-state index contributed by atoms with van der Waals surface area (Å²) >= 11 is 0. The highest BCUT2D eigenvalue weighted by atomic mass is 16.7. The molecule has 0 unspecified atom stereocenters. The van der Waals surface area contributed by atoms with E-state index in [1.165, 1.54) is 7.11 Å². The van der Waals surface area contributed by atoms with E-state index in [2.05, 4.69) is 68.1 Å². The monoisotopic (exact) mass is 805 g/mol. The maximum Gasteiger partial charge on any atom is 0.407 e. The van der Waals surface area contributed by atoms with Crippen LogP contribution >= 0.6 is 0 Å². The van der Waals surface area contributed by atoms with Crippen molar-refractivity contribution in [3.05, 3.63) is 78.6 Å². The fourth-order valence-corrected chi connectivity index (χ4v) is 8.15. The highest BCUT2D eigenvalue weighted by molar-refractivity contribution is 5.87. The van der Waals surface area contributed by atoms with Gasteiger partial charge >= 0.3 is 6.09 Å². The van der Waals surface area contributed by atoms with Crippen molar-refractivity contribution in [3.8, 4) is 33.8 Å². The van der Waals surface area contributed by atoms with Gasteiger partial charge in [0.15, 0.2) is 0 Å². The Kier molecular flexibility index (Phi) is 13.0. The lowest BCUT2D eigenvalue weighted by atomic mass is 10.0. The van der Waals surface area contributed by atoms with Crippen molar-refractivity contribution in [2.45, 2.75) is 77.5 Å². The number of aromatic nitrogens is 5. The number of aromatic amines is 2. The molecule has 4 N–H and O–H groups in total. The van der Waals surface area contributed by atoms with E-state index in [0.29, 0.717) is 18.9 Å². The van der Waals surface area contributed by atoms with Gasteiger partial charge in [-0.1, -0.05) is 64.1 Å². The maximum atomic E-state index is 13.7. The number of amides is 3. The SMILES string of the molecule is COCOCN[C@H](C(=O)N1CCC[C@H]1c1ncc(-c2ccc(-c3ccc4nc(-c5cnc([C@@H]6CCCN6C(=O)[C@@H](NC(=O)OC)C(C)C)[nH]5)ccc4c3)cc2)[nH]1)C(C)C. The van der Waals surface area contributed by atoms with E-state index in [9.17, 15) is 14.4 Å². The molecule has 59 heavy (non-hydrogen) atoms. The first-order valence-corrected chi connectivity index (χ1v) is 20.4. The summed E-state index contributed by atoms with van der Waals surface area (Å²) in [6.45, 7) is 9.54. The number of alkyl carbamates (subject to hydrolysis) is 1. The second kappa shape index (κ2) is 18.5. The molecule has 0 aliphatic carbocycles. The molecule has 0 saturated carbocycles. The van der Waals surface area contributed by atoms with Crippen molar-refractivity contribution in [2.75, 3.05) is 40.8 Å². The van der Waals surface area contributed by atoms with E-state index in [0.717, 1.165) is 76.2 Å². The number of nitrogens with one attached hydrogen (secondary N) is 4. The van der Waals surface area contributed by atoms with Crippen LogP contribution in [-0.4, -0.2) is 106 Å². The van der Waals surface area contributed by atoms with Crippen molar-refractivity contribution in [1.29, 1.82) is 0 Å². The minimum atomic E-state index is -0.695. The number of ether oxygens (including phenoxy) is 3. The third kappa shape index (κ3) is 9.17. The van der Waals surface area contributed by atoms with Crippen molar-refractivity contribution < 1.29 is 28.6 Å². The quantitative estimate of drug-likeness (QED) is 0.0667. The second-order valence-electron chi connectivity index (χ2n) is 16.0. The molecule has 4 atom stereocenters. The van der Waals surface area contributed by atoms with E-state index in [-0.39, 0.29) is 55.3 Å². The van der Waals surface area contributed by atoms with E-state index in [4.69, 9.17) is 24.2 Å². The first kappa shape index (κ1) is 41.5. The van der Waals surface area contributed by atoms with Crippen LogP contribution in [0, 0.1) is 11.8 Å². The molecule has 2 saturated heterocycles. The molecule has 2 aliphatic heterocycles. The molecule has 0 radical (unpaired) electrons. The Morgan fingerprint density at radius 3 is 1.98 bits per heavy atom. The first-order valence-electron chi connectivity index (χ1n) is 20.4. The topological polar surface area (TPSA) is 180 Å². The Balaban J connectivity index is 1.01. The summed E-state index contributed by atoms with van der Waals surface area (Å²) in [6, 6.07) is 17.2. The zero-order valence-corrected chi connectivity index (χ0v) is 34.7. The number of benzene rings is 2. The predicted molar refractivity (Wildman–Crippen MR) is 223 cm³/mol. The fourth-order valence-electron chi connectivity index (χ4n) is 8.15. The Labute approximate surface area is 344 Å². The number of fused-ring (bicyclic) bond motifs is 1. The van der Waals surface area contributed by atoms with Gasteiger partial charge in [-0.05, 0) is 72.4 Å². The van der Waals surface area contributed by atoms with Gasteiger partial charge in [-0.25, -0.2) is 19.7 Å². The summed E-state index contributed by atoms with van der Waals surface area (Å²) < 4.78 is 15.1. The number of methoxy groups -OCH3 is 2. The molecule has 312 valence electrons. The number of rotatable bonds is 15. The van der Waals surface area contributed by atoms with Gasteiger partial charge in [0.1, 0.15) is 31.2 Å². The molecular formula is C44H55N9O6. The number of imidazole rings is 2. The van der Waals surface area contributed by atoms with Crippen molar-refractivity contribution in [1.82, 2.24) is 45.4 Å². The number of pyridine rings is 1. The van der Waals surface area contributed by atoms with Gasteiger partial charge in [-0.15, -0.1) is 0 Å². The number of hydrogen-bond donors (Lipinski definition) is 4. The van der Waals surface area contributed by atoms with Crippen LogP contribution in [0.1, 0.15) is 77.1 Å². The number of hydrogen-bond acceptors (Lipinski definition) is 10. The molecule has 0 bridgehead atoms. The van der Waals surface area contributed by atoms with Crippen LogP contribution in [0.15, 0.2) is 67.0 Å². The van der Waals surface area contributed by atoms with E-state index < -0.39 is 12.1 Å². The Morgan fingerprint density at radius 1 is 0.763 bits per heavy atom. The average molecular weight is 806 g/mol. The van der Waals surface area contributed by atoms with Crippen LogP contribution < -0.4 is 10.6 Å². The Hall–Kier alpha value is -5.64. The van der Waals surface area contributed by atoms with Crippen LogP contribution in [0.5, 0.6) is 0 Å². The number of likely N-dealkylation sites (tertiary alicyclic amines) is 2. The van der Waals surface area contributed by atoms with E-state index in [1.807, 2.05) is 50.9 Å². The number of carbonyl (C=O) groups excluding carboxylic acids is 3. The smallest absolute Gasteiger partial charge is 0.407 e. The van der Waals surface area contributed by atoms with Gasteiger partial charge in [-0.2, -0.15) is 0 Å². The van der Waals surface area contributed by atoms with Crippen molar-refractivity contribution in [3.63, 3.8) is 0 Å². The van der Waals surface area contributed by atoms with E-state index in [1.54, 1.807) is 18.2 Å². The summed E-state index contributed by atoms with van der Waals surface area (Å²) in [6.07, 6.45) is 6.36. The third-order valence-electron chi connectivity index (χ3n) is 11.3. The van der Waals surface area contributed by atoms with Gasteiger partial charge in [0.2, 0.25) is 11.8 Å². The van der Waals surface area contributed by atoms with Crippen LogP contribution in [0.3, 0.4) is 0 Å². The molecule has 15 heteroatoms. The van der Waals surface area contributed by atoms with Crippen molar-refractivity contribution in [2.24, 2.45) is 11.8 Å². The maximum absolute atomic E-state index is 13.7. The molecule has 2 aromatic carbocycles. The molecule has 3 amide bonds. The number of H-pyrrole nitrogens is 2. The molecule has 5 heterocycles. The summed E-state index contributed by atoms with van der Waals surface area (Å²) in [5.41, 5.74) is 6.43. The fraction of sp³-hybridized carbons (Fsp3) is 0.455. The van der Waals surface area contributed by atoms with Crippen LogP contribution in [0.25, 0.3) is 44.7 Å². The minimum Gasteiger partial charge on any atom is -0.453 e. The Bertz CT molecular complexity index is 2230. The number of carbonyl (C=O) groups is 3. The van der Waals surface area contributed by atoms with Crippen LogP contribution in [-0.2, 0) is 23.8 Å². The zero-order valence-electron chi connectivity index (χ0n) is 34.7. The molecule has 15 nitrogen and oxygen atoms in total. The molecule has 2 fully saturated rings. The number of nitrogens with zero attached hydrogens (tertiary/aromatic N) is 5. The summed E-state index contributed by atoms with van der Waals surface area (Å²) in [5, 5.41) is 6.95. The summed E-state index contributed by atoms with van der Waals surface area (Å²) in [4.78, 5) is 64.3.